The molecule has 0 saturated carbocycles. The number of alkyl halides is 3. The van der Waals surface area contributed by atoms with E-state index in [2.05, 4.69) is 10.3 Å². The van der Waals surface area contributed by atoms with Crippen molar-refractivity contribution in [3.05, 3.63) is 60.0 Å². The third kappa shape index (κ3) is 4.67. The molecule has 1 heterocycles. The van der Waals surface area contributed by atoms with Gasteiger partial charge in [0.25, 0.3) is 0 Å². The van der Waals surface area contributed by atoms with E-state index in [0.717, 1.165) is 16.1 Å². The van der Waals surface area contributed by atoms with E-state index in [1.165, 1.54) is 11.3 Å². The summed E-state index contributed by atoms with van der Waals surface area (Å²) >= 11 is 1.48. The molecule has 2 aromatic carbocycles. The molecule has 0 aliphatic rings. The molecular weight excluding hydrogens is 349 g/mol. The number of benzene rings is 2. The van der Waals surface area contributed by atoms with E-state index in [4.69, 9.17) is 0 Å². The topological polar surface area (TPSA) is 42.0 Å². The molecule has 0 aliphatic heterocycles. The largest absolute Gasteiger partial charge is 0.397 e. The summed E-state index contributed by atoms with van der Waals surface area (Å²) in [5.41, 5.74) is 2.73. The summed E-state index contributed by atoms with van der Waals surface area (Å²) in [6, 6.07) is 16.3. The zero-order valence-corrected chi connectivity index (χ0v) is 13.7. The first kappa shape index (κ1) is 17.2. The third-order valence-electron chi connectivity index (χ3n) is 3.33. The Morgan fingerprint density at radius 1 is 1.04 bits per heavy atom. The van der Waals surface area contributed by atoms with Crippen LogP contribution in [0.3, 0.4) is 0 Å². The molecule has 1 N–H and O–H groups in total. The molecule has 25 heavy (non-hydrogen) atoms. The van der Waals surface area contributed by atoms with Crippen LogP contribution in [0.4, 0.5) is 18.9 Å². The first-order valence-corrected chi connectivity index (χ1v) is 8.27. The molecule has 3 aromatic rings. The van der Waals surface area contributed by atoms with Crippen LogP contribution >= 0.6 is 11.3 Å². The van der Waals surface area contributed by atoms with Crippen molar-refractivity contribution in [1.29, 1.82) is 0 Å². The standard InChI is InChI=1S/C18H13F3N2OS/c19-18(20,21)10-16(24)22-14-8-4-7-13(9-14)15-11-25-17(23-15)12-5-2-1-3-6-12/h1-9,11H,10H2,(H,22,24). The van der Waals surface area contributed by atoms with E-state index in [9.17, 15) is 18.0 Å². The maximum Gasteiger partial charge on any atom is 0.397 e. The van der Waals surface area contributed by atoms with Gasteiger partial charge in [0, 0.05) is 22.2 Å². The highest BCUT2D eigenvalue weighted by molar-refractivity contribution is 7.13. The highest BCUT2D eigenvalue weighted by atomic mass is 32.1. The Balaban J connectivity index is 1.78. The molecule has 3 nitrogen and oxygen atoms in total. The summed E-state index contributed by atoms with van der Waals surface area (Å²) in [5.74, 6) is -1.09. The fraction of sp³-hybridized carbons (Fsp3) is 0.111. The molecule has 3 rings (SSSR count). The molecule has 0 saturated heterocycles. The molecule has 1 amide bonds. The lowest BCUT2D eigenvalue weighted by atomic mass is 10.1. The van der Waals surface area contributed by atoms with E-state index >= 15 is 0 Å². The van der Waals surface area contributed by atoms with Gasteiger partial charge in [0.15, 0.2) is 0 Å². The quantitative estimate of drug-likeness (QED) is 0.678. The number of rotatable bonds is 4. The fourth-order valence-corrected chi connectivity index (χ4v) is 3.10. The summed E-state index contributed by atoms with van der Waals surface area (Å²) in [6.07, 6.45) is -6.03. The van der Waals surface area contributed by atoms with Gasteiger partial charge in [-0.2, -0.15) is 13.2 Å². The van der Waals surface area contributed by atoms with Crippen LogP contribution in [0.2, 0.25) is 0 Å². The number of hydrogen-bond acceptors (Lipinski definition) is 3. The molecule has 0 atom stereocenters. The normalized spacial score (nSPS) is 11.3. The summed E-state index contributed by atoms with van der Waals surface area (Å²) in [7, 11) is 0. The Hall–Kier alpha value is -2.67. The second kappa shape index (κ2) is 7.06. The lowest BCUT2D eigenvalue weighted by molar-refractivity contribution is -0.150. The Bertz CT molecular complexity index is 875. The van der Waals surface area contributed by atoms with E-state index in [0.29, 0.717) is 11.4 Å². The van der Waals surface area contributed by atoms with Crippen molar-refractivity contribution in [1.82, 2.24) is 4.98 Å². The van der Waals surface area contributed by atoms with Crippen LogP contribution in [0.5, 0.6) is 0 Å². The number of hydrogen-bond donors (Lipinski definition) is 1. The van der Waals surface area contributed by atoms with Crippen molar-refractivity contribution in [3.63, 3.8) is 0 Å². The molecule has 0 aliphatic carbocycles. The van der Waals surface area contributed by atoms with Gasteiger partial charge in [-0.1, -0.05) is 42.5 Å². The van der Waals surface area contributed by atoms with Gasteiger partial charge in [0.2, 0.25) is 5.91 Å². The number of carbonyl (C=O) groups is 1. The second-order valence-corrected chi connectivity index (χ2v) is 6.18. The monoisotopic (exact) mass is 362 g/mol. The molecule has 1 aromatic heterocycles. The number of carbonyl (C=O) groups excluding carboxylic acids is 1. The van der Waals surface area contributed by atoms with Crippen molar-refractivity contribution in [2.24, 2.45) is 0 Å². The van der Waals surface area contributed by atoms with Crippen LogP contribution in [0.15, 0.2) is 60.0 Å². The van der Waals surface area contributed by atoms with Crippen molar-refractivity contribution in [3.8, 4) is 21.8 Å². The minimum absolute atomic E-state index is 0.306. The van der Waals surface area contributed by atoms with Crippen molar-refractivity contribution < 1.29 is 18.0 Å². The maximum absolute atomic E-state index is 12.2. The predicted octanol–water partition coefficient (Wildman–Crippen LogP) is 5.37. The highest BCUT2D eigenvalue weighted by Gasteiger charge is 2.31. The van der Waals surface area contributed by atoms with E-state index in [1.807, 2.05) is 35.7 Å². The number of amides is 1. The molecule has 0 unspecified atom stereocenters. The average molecular weight is 362 g/mol. The van der Waals surface area contributed by atoms with Crippen LogP contribution < -0.4 is 5.32 Å². The second-order valence-electron chi connectivity index (χ2n) is 5.32. The summed E-state index contributed by atoms with van der Waals surface area (Å²) in [4.78, 5) is 16.0. The van der Waals surface area contributed by atoms with E-state index in [-0.39, 0.29) is 0 Å². The Kier molecular flexibility index (Phi) is 4.85. The number of thiazole rings is 1. The first-order chi connectivity index (χ1) is 11.9. The summed E-state index contributed by atoms with van der Waals surface area (Å²) in [6.45, 7) is 0. The Morgan fingerprint density at radius 3 is 2.48 bits per heavy atom. The summed E-state index contributed by atoms with van der Waals surface area (Å²) in [5, 5.41) is 4.99. The van der Waals surface area contributed by atoms with Gasteiger partial charge < -0.3 is 5.32 Å². The smallest absolute Gasteiger partial charge is 0.326 e. The molecular formula is C18H13F3N2OS. The number of anilines is 1. The number of nitrogens with zero attached hydrogens (tertiary/aromatic N) is 1. The zero-order chi connectivity index (χ0) is 17.9. The van der Waals surface area contributed by atoms with Gasteiger partial charge in [-0.25, -0.2) is 4.98 Å². The van der Waals surface area contributed by atoms with E-state index < -0.39 is 18.5 Å². The van der Waals surface area contributed by atoms with Crippen molar-refractivity contribution in [2.45, 2.75) is 12.6 Å². The number of halogens is 3. The number of nitrogens with one attached hydrogen (secondary N) is 1. The van der Waals surface area contributed by atoms with Gasteiger partial charge >= 0.3 is 6.18 Å². The maximum atomic E-state index is 12.2. The predicted molar refractivity (Wildman–Crippen MR) is 92.3 cm³/mol. The molecule has 0 bridgehead atoms. The zero-order valence-electron chi connectivity index (χ0n) is 12.9. The van der Waals surface area contributed by atoms with Gasteiger partial charge in [-0.3, -0.25) is 4.79 Å². The van der Waals surface area contributed by atoms with Gasteiger partial charge in [-0.15, -0.1) is 11.3 Å². The van der Waals surface area contributed by atoms with Gasteiger partial charge in [-0.05, 0) is 12.1 Å². The lowest BCUT2D eigenvalue weighted by Crippen LogP contribution is -2.21. The molecule has 0 fully saturated rings. The minimum Gasteiger partial charge on any atom is -0.326 e. The van der Waals surface area contributed by atoms with Crippen LogP contribution in [-0.2, 0) is 4.79 Å². The SMILES string of the molecule is O=C(CC(F)(F)F)Nc1cccc(-c2csc(-c3ccccc3)n2)c1. The summed E-state index contributed by atoms with van der Waals surface area (Å²) < 4.78 is 36.7. The van der Waals surface area contributed by atoms with Crippen LogP contribution in [0.1, 0.15) is 6.42 Å². The first-order valence-electron chi connectivity index (χ1n) is 7.39. The fourth-order valence-electron chi connectivity index (χ4n) is 2.26. The molecule has 0 radical (unpaired) electrons. The van der Waals surface area contributed by atoms with Crippen LogP contribution in [-0.4, -0.2) is 17.1 Å². The Labute approximate surface area is 146 Å². The van der Waals surface area contributed by atoms with Crippen LogP contribution in [0, 0.1) is 0 Å². The van der Waals surface area contributed by atoms with Crippen molar-refractivity contribution in [2.75, 3.05) is 5.32 Å². The average Bonchev–Trinajstić information content (AvgIpc) is 3.04. The highest BCUT2D eigenvalue weighted by Crippen LogP contribution is 2.30. The minimum atomic E-state index is -4.53. The third-order valence-corrected chi connectivity index (χ3v) is 4.22. The van der Waals surface area contributed by atoms with Crippen LogP contribution in [0.25, 0.3) is 21.8 Å². The lowest BCUT2D eigenvalue weighted by Gasteiger charge is -2.08. The van der Waals surface area contributed by atoms with Gasteiger partial charge in [0.1, 0.15) is 11.4 Å². The number of aromatic nitrogens is 1. The van der Waals surface area contributed by atoms with Gasteiger partial charge in [0.05, 0.1) is 5.69 Å². The molecule has 128 valence electrons. The Morgan fingerprint density at radius 2 is 1.76 bits per heavy atom. The van der Waals surface area contributed by atoms with Crippen molar-refractivity contribution >= 4 is 22.9 Å². The van der Waals surface area contributed by atoms with E-state index in [1.54, 1.807) is 24.3 Å². The molecule has 0 spiro atoms. The molecule has 7 heteroatoms.